The summed E-state index contributed by atoms with van der Waals surface area (Å²) < 4.78 is 39.0. The molecule has 0 saturated heterocycles. The van der Waals surface area contributed by atoms with Crippen molar-refractivity contribution in [3.8, 4) is 0 Å². The van der Waals surface area contributed by atoms with Gasteiger partial charge in [-0.05, 0) is 37.0 Å². The van der Waals surface area contributed by atoms with Crippen LogP contribution in [0.1, 0.15) is 33.6 Å². The zero-order valence-corrected chi connectivity index (χ0v) is 12.5. The number of rotatable bonds is 2. The van der Waals surface area contributed by atoms with E-state index in [0.717, 1.165) is 17.8 Å². The van der Waals surface area contributed by atoms with Gasteiger partial charge in [-0.25, -0.2) is 5.10 Å². The molecule has 0 radical (unpaired) electrons. The maximum Gasteiger partial charge on any atom is 0.417 e. The monoisotopic (exact) mass is 337 g/mol. The van der Waals surface area contributed by atoms with Crippen molar-refractivity contribution in [1.29, 1.82) is 0 Å². The van der Waals surface area contributed by atoms with Crippen LogP contribution >= 0.6 is 0 Å². The maximum absolute atomic E-state index is 13.0. The van der Waals surface area contributed by atoms with Crippen molar-refractivity contribution in [1.82, 2.24) is 15.5 Å². The van der Waals surface area contributed by atoms with Gasteiger partial charge < -0.3 is 5.32 Å². The Labute approximate surface area is 134 Å². The van der Waals surface area contributed by atoms with Gasteiger partial charge in [0.15, 0.2) is 0 Å². The van der Waals surface area contributed by atoms with Crippen LogP contribution in [-0.2, 0) is 19.0 Å². The van der Waals surface area contributed by atoms with Crippen molar-refractivity contribution in [2.75, 3.05) is 0 Å². The minimum atomic E-state index is -4.59. The topological polar surface area (TPSA) is 74.8 Å². The van der Waals surface area contributed by atoms with E-state index in [1.165, 1.54) is 18.2 Å². The van der Waals surface area contributed by atoms with Crippen LogP contribution in [0.25, 0.3) is 0 Å². The van der Waals surface area contributed by atoms with Crippen LogP contribution in [0.3, 0.4) is 0 Å². The van der Waals surface area contributed by atoms with Crippen molar-refractivity contribution in [2.24, 2.45) is 0 Å². The second-order valence-electron chi connectivity index (χ2n) is 5.66. The Bertz CT molecular complexity index is 830. The lowest BCUT2D eigenvalue weighted by atomic mass is 9.92. The fourth-order valence-corrected chi connectivity index (χ4v) is 2.85. The summed E-state index contributed by atoms with van der Waals surface area (Å²) in [4.78, 5) is 23.6. The van der Waals surface area contributed by atoms with Gasteiger partial charge in [0.1, 0.15) is 0 Å². The number of nitrogens with one attached hydrogen (secondary N) is 2. The van der Waals surface area contributed by atoms with Crippen LogP contribution in [0.4, 0.5) is 13.2 Å². The second kappa shape index (κ2) is 6.10. The number of nitrogens with zero attached hydrogens (tertiary/aromatic N) is 1. The standard InChI is InChI=1S/C16H14F3N3O2/c17-16(18,19)12-4-2-1-3-11(12)15(24)20-10-5-6-13-9(7-10)8-14(23)22-21-13/h1-4,8,10H,5-7H2,(H,20,24)(H,22,23)/t10-/m1/s1. The largest absolute Gasteiger partial charge is 0.417 e. The smallest absolute Gasteiger partial charge is 0.349 e. The van der Waals surface area contributed by atoms with Crippen molar-refractivity contribution < 1.29 is 18.0 Å². The average Bonchev–Trinajstić information content (AvgIpc) is 2.53. The van der Waals surface area contributed by atoms with Crippen LogP contribution in [0.15, 0.2) is 35.1 Å². The summed E-state index contributed by atoms with van der Waals surface area (Å²) in [5.74, 6) is -0.769. The van der Waals surface area contributed by atoms with Crippen molar-refractivity contribution in [3.63, 3.8) is 0 Å². The first-order valence-corrected chi connectivity index (χ1v) is 7.39. The molecule has 1 atom stereocenters. The second-order valence-corrected chi connectivity index (χ2v) is 5.66. The number of aromatic amines is 1. The molecule has 3 rings (SSSR count). The number of alkyl halides is 3. The number of halogens is 3. The molecule has 1 aromatic carbocycles. The number of amides is 1. The number of H-pyrrole nitrogens is 1. The summed E-state index contributed by atoms with van der Waals surface area (Å²) in [6.45, 7) is 0. The molecular formula is C16H14F3N3O2. The summed E-state index contributed by atoms with van der Waals surface area (Å²) >= 11 is 0. The summed E-state index contributed by atoms with van der Waals surface area (Å²) in [6.07, 6.45) is -3.14. The predicted molar refractivity (Wildman–Crippen MR) is 79.6 cm³/mol. The average molecular weight is 337 g/mol. The van der Waals surface area contributed by atoms with Gasteiger partial charge in [-0.3, -0.25) is 9.59 Å². The van der Waals surface area contributed by atoms with Gasteiger partial charge in [0.2, 0.25) is 0 Å². The molecule has 1 aliphatic carbocycles. The lowest BCUT2D eigenvalue weighted by Crippen LogP contribution is -2.40. The first-order chi connectivity index (χ1) is 11.3. The lowest BCUT2D eigenvalue weighted by Gasteiger charge is -2.24. The molecule has 1 heterocycles. The number of fused-ring (bicyclic) bond motifs is 1. The van der Waals surface area contributed by atoms with Gasteiger partial charge in [-0.2, -0.15) is 18.3 Å². The maximum atomic E-state index is 13.0. The Morgan fingerprint density at radius 2 is 2.04 bits per heavy atom. The highest BCUT2D eigenvalue weighted by Crippen LogP contribution is 2.32. The van der Waals surface area contributed by atoms with E-state index in [-0.39, 0.29) is 11.6 Å². The molecule has 0 aliphatic heterocycles. The first kappa shape index (κ1) is 16.2. The fourth-order valence-electron chi connectivity index (χ4n) is 2.85. The Morgan fingerprint density at radius 1 is 1.29 bits per heavy atom. The zero-order chi connectivity index (χ0) is 17.3. The number of aryl methyl sites for hydroxylation is 1. The molecule has 126 valence electrons. The number of aromatic nitrogens is 2. The van der Waals surface area contributed by atoms with E-state index in [1.807, 2.05) is 0 Å². The lowest BCUT2D eigenvalue weighted by molar-refractivity contribution is -0.137. The molecule has 2 N–H and O–H groups in total. The van der Waals surface area contributed by atoms with Gasteiger partial charge in [-0.1, -0.05) is 12.1 Å². The molecule has 2 aromatic rings. The van der Waals surface area contributed by atoms with Crippen molar-refractivity contribution >= 4 is 5.91 Å². The highest BCUT2D eigenvalue weighted by atomic mass is 19.4. The molecule has 1 aliphatic rings. The third-order valence-electron chi connectivity index (χ3n) is 3.99. The van der Waals surface area contributed by atoms with Crippen LogP contribution in [0, 0.1) is 0 Å². The minimum absolute atomic E-state index is 0.338. The van der Waals surface area contributed by atoms with Crippen LogP contribution in [0.2, 0.25) is 0 Å². The molecule has 1 amide bonds. The van der Waals surface area contributed by atoms with Gasteiger partial charge in [0.25, 0.3) is 11.5 Å². The normalized spacial score (nSPS) is 17.2. The molecule has 1 aromatic heterocycles. The van der Waals surface area contributed by atoms with Crippen LogP contribution in [0.5, 0.6) is 0 Å². The molecule has 8 heteroatoms. The number of hydrogen-bond donors (Lipinski definition) is 2. The number of carbonyl (C=O) groups is 1. The highest BCUT2D eigenvalue weighted by molar-refractivity contribution is 5.96. The Balaban J connectivity index is 1.78. The zero-order valence-electron chi connectivity index (χ0n) is 12.5. The Morgan fingerprint density at radius 3 is 2.79 bits per heavy atom. The SMILES string of the molecule is O=C(N[C@@H]1CCc2n[nH]c(=O)cc2C1)c1ccccc1C(F)(F)F. The Hall–Kier alpha value is -2.64. The molecule has 24 heavy (non-hydrogen) atoms. The molecule has 0 spiro atoms. The van der Waals surface area contributed by atoms with Gasteiger partial charge >= 0.3 is 6.18 Å². The quantitative estimate of drug-likeness (QED) is 0.881. The van der Waals surface area contributed by atoms with Gasteiger partial charge in [0.05, 0.1) is 16.8 Å². The number of benzene rings is 1. The van der Waals surface area contributed by atoms with E-state index in [4.69, 9.17) is 0 Å². The molecular weight excluding hydrogens is 323 g/mol. The number of hydrogen-bond acceptors (Lipinski definition) is 3. The first-order valence-electron chi connectivity index (χ1n) is 7.39. The van der Waals surface area contributed by atoms with Gasteiger partial charge in [-0.15, -0.1) is 0 Å². The van der Waals surface area contributed by atoms with E-state index in [0.29, 0.717) is 24.8 Å². The Kier molecular flexibility index (Phi) is 4.13. The van der Waals surface area contributed by atoms with E-state index in [9.17, 15) is 22.8 Å². The molecule has 0 unspecified atom stereocenters. The molecule has 0 bridgehead atoms. The predicted octanol–water partition coefficient (Wildman–Crippen LogP) is 2.08. The van der Waals surface area contributed by atoms with E-state index in [2.05, 4.69) is 15.5 Å². The third-order valence-corrected chi connectivity index (χ3v) is 3.99. The van der Waals surface area contributed by atoms with E-state index in [1.54, 1.807) is 0 Å². The van der Waals surface area contributed by atoms with E-state index < -0.39 is 23.2 Å². The van der Waals surface area contributed by atoms with Crippen LogP contribution in [-0.4, -0.2) is 22.1 Å². The fraction of sp³-hybridized carbons (Fsp3) is 0.312. The third kappa shape index (κ3) is 3.32. The highest BCUT2D eigenvalue weighted by Gasteiger charge is 2.35. The van der Waals surface area contributed by atoms with Crippen molar-refractivity contribution in [2.45, 2.75) is 31.5 Å². The molecule has 5 nitrogen and oxygen atoms in total. The van der Waals surface area contributed by atoms with Gasteiger partial charge in [0, 0.05) is 12.1 Å². The minimum Gasteiger partial charge on any atom is -0.349 e. The van der Waals surface area contributed by atoms with E-state index >= 15 is 0 Å². The van der Waals surface area contributed by atoms with Crippen molar-refractivity contribution in [3.05, 3.63) is 63.1 Å². The summed E-state index contributed by atoms with van der Waals surface area (Å²) in [5.41, 5.74) is -0.255. The summed E-state index contributed by atoms with van der Waals surface area (Å²) in [7, 11) is 0. The van der Waals surface area contributed by atoms with Crippen LogP contribution < -0.4 is 10.9 Å². The summed E-state index contributed by atoms with van der Waals surface area (Å²) in [6, 6.07) is 5.74. The molecule has 0 saturated carbocycles. The number of carbonyl (C=O) groups excluding carboxylic acids is 1. The summed E-state index contributed by atoms with van der Waals surface area (Å²) in [5, 5.41) is 8.91. The molecule has 0 fully saturated rings.